The van der Waals surface area contributed by atoms with E-state index in [0.29, 0.717) is 10.8 Å². The fourth-order valence-corrected chi connectivity index (χ4v) is 1.55. The number of halogens is 1. The summed E-state index contributed by atoms with van der Waals surface area (Å²) >= 11 is 6.05. The van der Waals surface area contributed by atoms with E-state index in [4.69, 9.17) is 11.6 Å². The second-order valence-electron chi connectivity index (χ2n) is 3.33. The monoisotopic (exact) mass is 218 g/mol. The predicted octanol–water partition coefficient (Wildman–Crippen LogP) is 3.79. The van der Waals surface area contributed by atoms with E-state index in [1.165, 1.54) is 0 Å². The molecule has 3 heteroatoms. The zero-order chi connectivity index (χ0) is 10.7. The van der Waals surface area contributed by atoms with Gasteiger partial charge in [-0.15, -0.1) is 0 Å². The van der Waals surface area contributed by atoms with Crippen LogP contribution in [0.25, 0.3) is 0 Å². The average Bonchev–Trinajstić information content (AvgIpc) is 2.24. The van der Waals surface area contributed by atoms with Crippen LogP contribution in [0.2, 0.25) is 5.02 Å². The minimum absolute atomic E-state index is 0.638. The Hall–Kier alpha value is -1.54. The summed E-state index contributed by atoms with van der Waals surface area (Å²) in [5.41, 5.74) is 2.04. The summed E-state index contributed by atoms with van der Waals surface area (Å²) in [5.74, 6) is 0.688. The Labute approximate surface area is 93.9 Å². The lowest BCUT2D eigenvalue weighted by atomic mass is 10.3. The highest BCUT2D eigenvalue weighted by Crippen LogP contribution is 2.23. The first-order valence-corrected chi connectivity index (χ1v) is 5.08. The molecule has 1 aromatic carbocycles. The minimum atomic E-state index is 0.638. The first kappa shape index (κ1) is 9.99. The normalized spacial score (nSPS) is 10.0. The molecule has 0 aliphatic rings. The van der Waals surface area contributed by atoms with Crippen LogP contribution < -0.4 is 5.32 Å². The maximum Gasteiger partial charge on any atom is 0.149 e. The van der Waals surface area contributed by atoms with Gasteiger partial charge in [-0.3, -0.25) is 0 Å². The van der Waals surface area contributed by atoms with Gasteiger partial charge >= 0.3 is 0 Å². The van der Waals surface area contributed by atoms with Gasteiger partial charge in [0.25, 0.3) is 0 Å². The van der Waals surface area contributed by atoms with Crippen molar-refractivity contribution in [3.8, 4) is 0 Å². The molecule has 76 valence electrons. The molecule has 2 rings (SSSR count). The van der Waals surface area contributed by atoms with Crippen molar-refractivity contribution in [2.45, 2.75) is 6.92 Å². The molecule has 0 aliphatic heterocycles. The Morgan fingerprint density at radius 3 is 2.60 bits per heavy atom. The molecule has 2 nitrogen and oxygen atoms in total. The number of nitrogens with one attached hydrogen (secondary N) is 1. The van der Waals surface area contributed by atoms with E-state index in [-0.39, 0.29) is 0 Å². The quantitative estimate of drug-likeness (QED) is 0.830. The van der Waals surface area contributed by atoms with E-state index in [2.05, 4.69) is 10.3 Å². The molecule has 0 unspecified atom stereocenters. The van der Waals surface area contributed by atoms with Crippen LogP contribution in [-0.4, -0.2) is 4.98 Å². The fraction of sp³-hybridized carbons (Fsp3) is 0.0833. The van der Waals surface area contributed by atoms with E-state index in [0.717, 1.165) is 11.3 Å². The number of aromatic nitrogens is 1. The molecule has 0 fully saturated rings. The number of hydrogen-bond donors (Lipinski definition) is 1. The van der Waals surface area contributed by atoms with Crippen LogP contribution in [0, 0.1) is 6.92 Å². The summed E-state index contributed by atoms with van der Waals surface area (Å²) in [5, 5.41) is 3.79. The van der Waals surface area contributed by atoms with Gasteiger partial charge in [-0.2, -0.15) is 0 Å². The maximum absolute atomic E-state index is 6.05. The molecule has 1 aromatic heterocycles. The third-order valence-electron chi connectivity index (χ3n) is 2.01. The van der Waals surface area contributed by atoms with Gasteiger partial charge in [-0.05, 0) is 30.7 Å². The van der Waals surface area contributed by atoms with Crippen molar-refractivity contribution >= 4 is 23.1 Å². The van der Waals surface area contributed by atoms with E-state index >= 15 is 0 Å². The van der Waals surface area contributed by atoms with Crippen molar-refractivity contribution in [2.75, 3.05) is 5.32 Å². The molecule has 0 atom stereocenters. The molecule has 0 bridgehead atoms. The molecule has 0 saturated carbocycles. The highest BCUT2D eigenvalue weighted by molar-refractivity contribution is 6.33. The van der Waals surface area contributed by atoms with Crippen LogP contribution in [0.1, 0.15) is 5.56 Å². The average molecular weight is 219 g/mol. The van der Waals surface area contributed by atoms with Gasteiger partial charge in [0, 0.05) is 11.9 Å². The van der Waals surface area contributed by atoms with Crippen LogP contribution in [0.15, 0.2) is 42.6 Å². The van der Waals surface area contributed by atoms with Gasteiger partial charge in [0.2, 0.25) is 0 Å². The molecule has 1 N–H and O–H groups in total. The number of para-hydroxylation sites is 1. The topological polar surface area (TPSA) is 24.9 Å². The predicted molar refractivity (Wildman–Crippen MR) is 63.7 cm³/mol. The minimum Gasteiger partial charge on any atom is -0.339 e. The molecule has 15 heavy (non-hydrogen) atoms. The summed E-state index contributed by atoms with van der Waals surface area (Å²) in [6.45, 7) is 1.96. The third kappa shape index (κ3) is 2.48. The van der Waals surface area contributed by atoms with Crippen molar-refractivity contribution < 1.29 is 0 Å². The molecule has 0 spiro atoms. The van der Waals surface area contributed by atoms with Gasteiger partial charge in [-0.25, -0.2) is 4.98 Å². The fourth-order valence-electron chi connectivity index (χ4n) is 1.28. The van der Waals surface area contributed by atoms with Gasteiger partial charge in [0.05, 0.1) is 5.02 Å². The van der Waals surface area contributed by atoms with Crippen molar-refractivity contribution in [1.82, 2.24) is 4.98 Å². The SMILES string of the molecule is Cc1cnc(Nc2ccccc2)c(Cl)c1. The Morgan fingerprint density at radius 2 is 1.93 bits per heavy atom. The molecule has 0 radical (unpaired) electrons. The van der Waals surface area contributed by atoms with E-state index in [1.54, 1.807) is 6.20 Å². The first-order chi connectivity index (χ1) is 7.25. The summed E-state index contributed by atoms with van der Waals surface area (Å²) in [6, 6.07) is 11.7. The number of aryl methyl sites for hydroxylation is 1. The van der Waals surface area contributed by atoms with Crippen molar-refractivity contribution in [3.05, 3.63) is 53.2 Å². The zero-order valence-corrected chi connectivity index (χ0v) is 9.12. The van der Waals surface area contributed by atoms with Crippen LogP contribution >= 0.6 is 11.6 Å². The van der Waals surface area contributed by atoms with Crippen LogP contribution in [-0.2, 0) is 0 Å². The first-order valence-electron chi connectivity index (χ1n) is 4.70. The summed E-state index contributed by atoms with van der Waals surface area (Å²) in [4.78, 5) is 4.23. The lowest BCUT2D eigenvalue weighted by molar-refractivity contribution is 1.26. The molecule has 2 aromatic rings. The van der Waals surface area contributed by atoms with Crippen molar-refractivity contribution in [1.29, 1.82) is 0 Å². The highest BCUT2D eigenvalue weighted by Gasteiger charge is 2.01. The van der Waals surface area contributed by atoms with E-state index in [9.17, 15) is 0 Å². The molecule has 0 saturated heterocycles. The van der Waals surface area contributed by atoms with E-state index in [1.807, 2.05) is 43.3 Å². The highest BCUT2D eigenvalue weighted by atomic mass is 35.5. The lowest BCUT2D eigenvalue weighted by Gasteiger charge is -2.07. The number of benzene rings is 1. The molecule has 0 amide bonds. The molecular formula is C12H11ClN2. The standard InChI is InChI=1S/C12H11ClN2/c1-9-7-11(13)12(14-8-9)15-10-5-3-2-4-6-10/h2-8H,1H3,(H,14,15). The van der Waals surface area contributed by atoms with E-state index < -0.39 is 0 Å². The van der Waals surface area contributed by atoms with Crippen LogP contribution in [0.4, 0.5) is 11.5 Å². The number of anilines is 2. The van der Waals surface area contributed by atoms with Gasteiger partial charge < -0.3 is 5.32 Å². The van der Waals surface area contributed by atoms with Gasteiger partial charge in [0.15, 0.2) is 0 Å². The Kier molecular flexibility index (Phi) is 2.88. The molecular weight excluding hydrogens is 208 g/mol. The summed E-state index contributed by atoms with van der Waals surface area (Å²) < 4.78 is 0. The lowest BCUT2D eigenvalue weighted by Crippen LogP contribution is -1.94. The number of pyridine rings is 1. The molecule has 0 aliphatic carbocycles. The Bertz CT molecular complexity index is 454. The van der Waals surface area contributed by atoms with Gasteiger partial charge in [0.1, 0.15) is 5.82 Å². The Morgan fingerprint density at radius 1 is 1.20 bits per heavy atom. The number of rotatable bonds is 2. The summed E-state index contributed by atoms with van der Waals surface area (Å²) in [6.07, 6.45) is 1.79. The zero-order valence-electron chi connectivity index (χ0n) is 8.37. The van der Waals surface area contributed by atoms with Crippen molar-refractivity contribution in [3.63, 3.8) is 0 Å². The second kappa shape index (κ2) is 4.32. The maximum atomic E-state index is 6.05. The third-order valence-corrected chi connectivity index (χ3v) is 2.30. The number of hydrogen-bond acceptors (Lipinski definition) is 2. The van der Waals surface area contributed by atoms with Crippen LogP contribution in [0.5, 0.6) is 0 Å². The smallest absolute Gasteiger partial charge is 0.149 e. The van der Waals surface area contributed by atoms with Crippen LogP contribution in [0.3, 0.4) is 0 Å². The van der Waals surface area contributed by atoms with Crippen molar-refractivity contribution in [2.24, 2.45) is 0 Å². The van der Waals surface area contributed by atoms with Gasteiger partial charge in [-0.1, -0.05) is 29.8 Å². The summed E-state index contributed by atoms with van der Waals surface area (Å²) in [7, 11) is 0. The molecule has 1 heterocycles. The number of nitrogens with zero attached hydrogens (tertiary/aromatic N) is 1. The Balaban J connectivity index is 2.25. The largest absolute Gasteiger partial charge is 0.339 e. The second-order valence-corrected chi connectivity index (χ2v) is 3.74.